The predicted molar refractivity (Wildman–Crippen MR) is 55.9 cm³/mol. The van der Waals surface area contributed by atoms with Gasteiger partial charge in [-0.2, -0.15) is 0 Å². The molecule has 1 rings (SSSR count). The standard InChI is InChI=1S/C7H5Cl2NO4S/c1-4-2-5(8)7(10(11)12)6(3-4)15(9,13)14/h2-3H,1H3. The molecule has 1 aromatic rings. The summed E-state index contributed by atoms with van der Waals surface area (Å²) in [7, 11) is 0.883. The third-order valence-corrected chi connectivity index (χ3v) is 3.24. The van der Waals surface area contributed by atoms with Crippen molar-refractivity contribution in [3.8, 4) is 0 Å². The van der Waals surface area contributed by atoms with Crippen molar-refractivity contribution in [3.05, 3.63) is 32.8 Å². The molecule has 0 radical (unpaired) electrons. The van der Waals surface area contributed by atoms with Crippen LogP contribution < -0.4 is 0 Å². The van der Waals surface area contributed by atoms with Crippen LogP contribution >= 0.6 is 22.3 Å². The summed E-state index contributed by atoms with van der Waals surface area (Å²) in [6, 6.07) is 2.40. The second kappa shape index (κ2) is 3.96. The third-order valence-electron chi connectivity index (χ3n) is 1.62. The van der Waals surface area contributed by atoms with Gasteiger partial charge in [0.2, 0.25) is 0 Å². The molecule has 0 heterocycles. The van der Waals surface area contributed by atoms with E-state index < -0.39 is 24.6 Å². The van der Waals surface area contributed by atoms with Crippen LogP contribution in [-0.4, -0.2) is 13.3 Å². The highest BCUT2D eigenvalue weighted by Crippen LogP contribution is 2.34. The molecule has 0 fully saturated rings. The van der Waals surface area contributed by atoms with Crippen LogP contribution in [0.1, 0.15) is 5.56 Å². The highest BCUT2D eigenvalue weighted by atomic mass is 35.7. The lowest BCUT2D eigenvalue weighted by molar-refractivity contribution is -0.387. The van der Waals surface area contributed by atoms with E-state index in [2.05, 4.69) is 0 Å². The minimum absolute atomic E-state index is 0.251. The zero-order valence-electron chi connectivity index (χ0n) is 7.40. The first-order valence-corrected chi connectivity index (χ1v) is 6.31. The molecule has 0 aromatic heterocycles. The summed E-state index contributed by atoms with van der Waals surface area (Å²) in [6.07, 6.45) is 0. The fourth-order valence-electron chi connectivity index (χ4n) is 1.07. The van der Waals surface area contributed by atoms with E-state index in [-0.39, 0.29) is 5.02 Å². The molecule has 0 aliphatic carbocycles. The molecular weight excluding hydrogens is 265 g/mol. The first kappa shape index (κ1) is 12.2. The van der Waals surface area contributed by atoms with E-state index in [4.69, 9.17) is 22.3 Å². The minimum Gasteiger partial charge on any atom is -0.258 e. The molecule has 5 nitrogen and oxygen atoms in total. The number of aryl methyl sites for hydroxylation is 1. The molecule has 0 saturated heterocycles. The van der Waals surface area contributed by atoms with E-state index in [0.717, 1.165) is 6.07 Å². The molecule has 8 heteroatoms. The Hall–Kier alpha value is -0.850. The SMILES string of the molecule is Cc1cc(Cl)c([N+](=O)[O-])c(S(=O)(=O)Cl)c1. The van der Waals surface area contributed by atoms with Crippen LogP contribution in [0.5, 0.6) is 0 Å². The molecule has 0 saturated carbocycles. The summed E-state index contributed by atoms with van der Waals surface area (Å²) in [6.45, 7) is 1.56. The summed E-state index contributed by atoms with van der Waals surface area (Å²) in [4.78, 5) is 9.14. The second-order valence-electron chi connectivity index (χ2n) is 2.79. The monoisotopic (exact) mass is 269 g/mol. The fourth-order valence-corrected chi connectivity index (χ4v) is 2.56. The van der Waals surface area contributed by atoms with Crippen molar-refractivity contribution >= 4 is 37.0 Å². The Bertz CT molecular complexity index is 526. The van der Waals surface area contributed by atoms with Crippen molar-refractivity contribution in [1.29, 1.82) is 0 Å². The summed E-state index contributed by atoms with van der Waals surface area (Å²) in [5.74, 6) is 0. The third kappa shape index (κ3) is 2.58. The van der Waals surface area contributed by atoms with Crippen LogP contribution in [0.3, 0.4) is 0 Å². The van der Waals surface area contributed by atoms with Crippen molar-refractivity contribution in [2.45, 2.75) is 11.8 Å². The molecule has 0 atom stereocenters. The average molecular weight is 270 g/mol. The number of nitro benzene ring substituents is 1. The van der Waals surface area contributed by atoms with Crippen LogP contribution in [0.15, 0.2) is 17.0 Å². The molecule has 0 amide bonds. The van der Waals surface area contributed by atoms with Gasteiger partial charge in [0.1, 0.15) is 5.02 Å². The summed E-state index contributed by atoms with van der Waals surface area (Å²) in [5.41, 5.74) is -0.220. The Morgan fingerprint density at radius 3 is 2.33 bits per heavy atom. The molecular formula is C7H5Cl2NO4S. The molecule has 0 N–H and O–H groups in total. The lowest BCUT2D eigenvalue weighted by Gasteiger charge is -2.02. The van der Waals surface area contributed by atoms with Gasteiger partial charge in [-0.15, -0.1) is 0 Å². The number of nitro groups is 1. The van der Waals surface area contributed by atoms with E-state index in [0.29, 0.717) is 5.56 Å². The topological polar surface area (TPSA) is 77.3 Å². The first-order chi connectivity index (χ1) is 6.73. The second-order valence-corrected chi connectivity index (χ2v) is 5.73. The number of rotatable bonds is 2. The van der Waals surface area contributed by atoms with Crippen molar-refractivity contribution in [2.24, 2.45) is 0 Å². The van der Waals surface area contributed by atoms with E-state index >= 15 is 0 Å². The van der Waals surface area contributed by atoms with Gasteiger partial charge in [-0.05, 0) is 24.6 Å². The van der Waals surface area contributed by atoms with Gasteiger partial charge in [-0.25, -0.2) is 8.42 Å². The molecule has 0 aliphatic rings. The normalized spacial score (nSPS) is 11.4. The van der Waals surface area contributed by atoms with Crippen LogP contribution in [0, 0.1) is 17.0 Å². The maximum Gasteiger partial charge on any atom is 0.307 e. The molecule has 15 heavy (non-hydrogen) atoms. The first-order valence-electron chi connectivity index (χ1n) is 3.62. The molecule has 0 aliphatic heterocycles. The number of hydrogen-bond acceptors (Lipinski definition) is 4. The van der Waals surface area contributed by atoms with Crippen LogP contribution in [0.2, 0.25) is 5.02 Å². The van der Waals surface area contributed by atoms with E-state index in [1.165, 1.54) is 6.07 Å². The van der Waals surface area contributed by atoms with Crippen LogP contribution in [-0.2, 0) is 9.05 Å². The van der Waals surface area contributed by atoms with Crippen molar-refractivity contribution in [2.75, 3.05) is 0 Å². The van der Waals surface area contributed by atoms with E-state index in [1.54, 1.807) is 6.92 Å². The van der Waals surface area contributed by atoms with E-state index in [9.17, 15) is 18.5 Å². The Labute approximate surface area is 95.2 Å². The molecule has 0 bridgehead atoms. The molecule has 82 valence electrons. The van der Waals surface area contributed by atoms with Gasteiger partial charge < -0.3 is 0 Å². The van der Waals surface area contributed by atoms with Gasteiger partial charge in [-0.3, -0.25) is 10.1 Å². The summed E-state index contributed by atoms with van der Waals surface area (Å²) < 4.78 is 22.1. The van der Waals surface area contributed by atoms with Gasteiger partial charge in [0.25, 0.3) is 9.05 Å². The lowest BCUT2D eigenvalue weighted by atomic mass is 10.2. The number of hydrogen-bond donors (Lipinski definition) is 0. The zero-order valence-corrected chi connectivity index (χ0v) is 9.73. The van der Waals surface area contributed by atoms with Crippen molar-refractivity contribution < 1.29 is 13.3 Å². The van der Waals surface area contributed by atoms with Gasteiger partial charge in [0.05, 0.1) is 4.92 Å². The Kier molecular flexibility index (Phi) is 3.22. The van der Waals surface area contributed by atoms with Gasteiger partial charge in [0.15, 0.2) is 4.90 Å². The zero-order chi connectivity index (χ0) is 11.8. The maximum atomic E-state index is 11.1. The largest absolute Gasteiger partial charge is 0.307 e. The maximum absolute atomic E-state index is 11.1. The number of benzene rings is 1. The number of halogens is 2. The van der Waals surface area contributed by atoms with Crippen LogP contribution in [0.4, 0.5) is 5.69 Å². The Morgan fingerprint density at radius 2 is 1.93 bits per heavy atom. The predicted octanol–water partition coefficient (Wildman–Crippen LogP) is 2.48. The lowest BCUT2D eigenvalue weighted by Crippen LogP contribution is -2.00. The minimum atomic E-state index is -4.18. The van der Waals surface area contributed by atoms with Gasteiger partial charge in [0, 0.05) is 10.7 Å². The van der Waals surface area contributed by atoms with E-state index in [1.807, 2.05) is 0 Å². The number of nitrogens with zero attached hydrogens (tertiary/aromatic N) is 1. The molecule has 0 unspecified atom stereocenters. The molecule has 1 aromatic carbocycles. The smallest absolute Gasteiger partial charge is 0.258 e. The Morgan fingerprint density at radius 1 is 1.40 bits per heavy atom. The summed E-state index contributed by atoms with van der Waals surface area (Å²) in [5, 5.41) is 10.3. The average Bonchev–Trinajstić information content (AvgIpc) is 1.99. The van der Waals surface area contributed by atoms with Crippen LogP contribution in [0.25, 0.3) is 0 Å². The summed E-state index contributed by atoms with van der Waals surface area (Å²) >= 11 is 5.57. The quantitative estimate of drug-likeness (QED) is 0.470. The highest BCUT2D eigenvalue weighted by molar-refractivity contribution is 8.13. The molecule has 0 spiro atoms. The van der Waals surface area contributed by atoms with Gasteiger partial charge in [-0.1, -0.05) is 11.6 Å². The van der Waals surface area contributed by atoms with Crippen molar-refractivity contribution in [3.63, 3.8) is 0 Å². The van der Waals surface area contributed by atoms with Crippen molar-refractivity contribution in [1.82, 2.24) is 0 Å². The highest BCUT2D eigenvalue weighted by Gasteiger charge is 2.27. The Balaban J connectivity index is 3.70. The fraction of sp³-hybridized carbons (Fsp3) is 0.143. The van der Waals surface area contributed by atoms with Gasteiger partial charge >= 0.3 is 5.69 Å².